The quantitative estimate of drug-likeness (QED) is 0.799. The minimum Gasteiger partial charge on any atom is -0.491 e. The van der Waals surface area contributed by atoms with Crippen molar-refractivity contribution in [2.24, 2.45) is 0 Å². The van der Waals surface area contributed by atoms with E-state index in [4.69, 9.17) is 18.8 Å². The number of hydrogen-bond acceptors (Lipinski definition) is 4. The molecule has 0 aliphatic carbocycles. The van der Waals surface area contributed by atoms with Crippen molar-refractivity contribution in [2.75, 3.05) is 13.2 Å². The van der Waals surface area contributed by atoms with Crippen LogP contribution in [0.3, 0.4) is 0 Å². The van der Waals surface area contributed by atoms with E-state index >= 15 is 0 Å². The Kier molecular flexibility index (Phi) is 4.42. The zero-order chi connectivity index (χ0) is 16.7. The number of halogens is 1. The molecule has 0 aromatic heterocycles. The molecule has 0 bridgehead atoms. The van der Waals surface area contributed by atoms with Crippen molar-refractivity contribution in [1.29, 1.82) is 0 Å². The highest BCUT2D eigenvalue weighted by Crippen LogP contribution is 2.36. The Bertz CT molecular complexity index is 554. The summed E-state index contributed by atoms with van der Waals surface area (Å²) in [5.74, 6) is 0.250. The summed E-state index contributed by atoms with van der Waals surface area (Å²) in [6.07, 6.45) is 2.20. The summed E-state index contributed by atoms with van der Waals surface area (Å²) >= 11 is 0. The normalized spacial score (nSPS) is 25.8. The molecule has 2 fully saturated rings. The van der Waals surface area contributed by atoms with Crippen molar-refractivity contribution < 1.29 is 23.2 Å². The van der Waals surface area contributed by atoms with Crippen LogP contribution in [0, 0.1) is 5.82 Å². The van der Waals surface area contributed by atoms with Crippen LogP contribution in [0.25, 0.3) is 0 Å². The Morgan fingerprint density at radius 3 is 2.52 bits per heavy atom. The molecule has 0 saturated carbocycles. The minimum absolute atomic E-state index is 0.125. The smallest absolute Gasteiger partial charge is 0.491 e. The topological polar surface area (TPSA) is 36.9 Å². The van der Waals surface area contributed by atoms with Crippen LogP contribution in [0.1, 0.15) is 40.5 Å². The fraction of sp³-hybridized carbons (Fsp3) is 0.647. The van der Waals surface area contributed by atoms with Crippen molar-refractivity contribution >= 4 is 12.6 Å². The third-order valence-electron chi connectivity index (χ3n) is 4.93. The maximum atomic E-state index is 14.2. The molecule has 0 amide bonds. The van der Waals surface area contributed by atoms with Gasteiger partial charge in [0.2, 0.25) is 0 Å². The number of benzene rings is 1. The third-order valence-corrected chi connectivity index (χ3v) is 4.93. The summed E-state index contributed by atoms with van der Waals surface area (Å²) in [5.41, 5.74) is -0.634. The van der Waals surface area contributed by atoms with Gasteiger partial charge in [0.25, 0.3) is 0 Å². The van der Waals surface area contributed by atoms with E-state index in [9.17, 15) is 4.39 Å². The number of hydrogen-bond donors (Lipinski definition) is 0. The molecule has 4 nitrogen and oxygen atoms in total. The first-order chi connectivity index (χ1) is 10.8. The van der Waals surface area contributed by atoms with Gasteiger partial charge in [-0.3, -0.25) is 0 Å². The minimum atomic E-state index is -0.730. The lowest BCUT2D eigenvalue weighted by atomic mass is 9.78. The molecule has 1 atom stereocenters. The van der Waals surface area contributed by atoms with Crippen LogP contribution in [0.15, 0.2) is 18.2 Å². The van der Waals surface area contributed by atoms with Crippen LogP contribution in [-0.4, -0.2) is 37.6 Å². The monoisotopic (exact) mass is 322 g/mol. The van der Waals surface area contributed by atoms with Gasteiger partial charge >= 0.3 is 7.12 Å². The average Bonchev–Trinajstić information content (AvgIpc) is 3.04. The van der Waals surface area contributed by atoms with Crippen molar-refractivity contribution in [2.45, 2.75) is 57.8 Å². The molecule has 1 aromatic carbocycles. The fourth-order valence-electron chi connectivity index (χ4n) is 2.73. The predicted molar refractivity (Wildman–Crippen MR) is 86.6 cm³/mol. The first-order valence-electron chi connectivity index (χ1n) is 8.18. The van der Waals surface area contributed by atoms with Crippen LogP contribution >= 0.6 is 0 Å². The molecule has 2 heterocycles. The molecular weight excluding hydrogens is 298 g/mol. The molecule has 0 N–H and O–H groups in total. The first kappa shape index (κ1) is 16.7. The van der Waals surface area contributed by atoms with Gasteiger partial charge in [0, 0.05) is 12.1 Å². The van der Waals surface area contributed by atoms with Crippen LogP contribution in [0.4, 0.5) is 4.39 Å². The Balaban J connectivity index is 1.73. The molecule has 2 saturated heterocycles. The zero-order valence-corrected chi connectivity index (χ0v) is 14.2. The molecule has 1 unspecified atom stereocenters. The highest BCUT2D eigenvalue weighted by molar-refractivity contribution is 6.62. The van der Waals surface area contributed by atoms with E-state index in [0.717, 1.165) is 19.4 Å². The third kappa shape index (κ3) is 3.39. The summed E-state index contributed by atoms with van der Waals surface area (Å²) < 4.78 is 37.3. The Labute approximate surface area is 137 Å². The zero-order valence-electron chi connectivity index (χ0n) is 14.2. The molecular formula is C17H24BFO4. The Morgan fingerprint density at radius 1 is 1.22 bits per heavy atom. The van der Waals surface area contributed by atoms with Crippen molar-refractivity contribution in [3.63, 3.8) is 0 Å². The Morgan fingerprint density at radius 2 is 1.91 bits per heavy atom. The summed E-state index contributed by atoms with van der Waals surface area (Å²) in [6.45, 7) is 9.06. The van der Waals surface area contributed by atoms with Crippen LogP contribution < -0.4 is 10.2 Å². The van der Waals surface area contributed by atoms with Gasteiger partial charge in [-0.25, -0.2) is 4.39 Å². The van der Waals surface area contributed by atoms with E-state index < -0.39 is 18.3 Å². The Hall–Kier alpha value is -1.11. The van der Waals surface area contributed by atoms with Gasteiger partial charge in [0.05, 0.1) is 17.3 Å². The fourth-order valence-corrected chi connectivity index (χ4v) is 2.73. The van der Waals surface area contributed by atoms with E-state index in [-0.39, 0.29) is 11.9 Å². The second-order valence-electron chi connectivity index (χ2n) is 7.22. The van der Waals surface area contributed by atoms with Gasteiger partial charge in [0.15, 0.2) is 0 Å². The van der Waals surface area contributed by atoms with Crippen LogP contribution in [0.5, 0.6) is 5.75 Å². The maximum absolute atomic E-state index is 14.2. The molecule has 2 aliphatic heterocycles. The van der Waals surface area contributed by atoms with Gasteiger partial charge < -0.3 is 18.8 Å². The lowest BCUT2D eigenvalue weighted by molar-refractivity contribution is 0.00578. The highest BCUT2D eigenvalue weighted by Gasteiger charge is 2.52. The standard InChI is InChI=1S/C17H24BFO4/c1-16(2)17(3,4)23-18(22-16)14-10-12(7-8-15(14)19)21-11-13-6-5-9-20-13/h7-8,10,13H,5-6,9,11H2,1-4H3. The summed E-state index contributed by atoms with van der Waals surface area (Å²) in [7, 11) is -0.730. The summed E-state index contributed by atoms with van der Waals surface area (Å²) in [6, 6.07) is 4.68. The lowest BCUT2D eigenvalue weighted by Crippen LogP contribution is -2.41. The largest absolute Gasteiger partial charge is 0.497 e. The number of rotatable bonds is 4. The van der Waals surface area contributed by atoms with E-state index in [1.807, 2.05) is 27.7 Å². The van der Waals surface area contributed by atoms with Crippen molar-refractivity contribution in [1.82, 2.24) is 0 Å². The molecule has 23 heavy (non-hydrogen) atoms. The van der Waals surface area contributed by atoms with Crippen LogP contribution in [-0.2, 0) is 14.0 Å². The SMILES string of the molecule is CC1(C)OB(c2cc(OCC3CCCO3)ccc2F)OC1(C)C. The lowest BCUT2D eigenvalue weighted by Gasteiger charge is -2.32. The van der Waals surface area contributed by atoms with Crippen molar-refractivity contribution in [3.05, 3.63) is 24.0 Å². The van der Waals surface area contributed by atoms with Gasteiger partial charge in [-0.1, -0.05) is 0 Å². The summed E-state index contributed by atoms with van der Waals surface area (Å²) in [4.78, 5) is 0. The molecule has 1 aromatic rings. The van der Waals surface area contributed by atoms with E-state index in [0.29, 0.717) is 17.8 Å². The van der Waals surface area contributed by atoms with Gasteiger partial charge in [-0.15, -0.1) is 0 Å². The maximum Gasteiger partial charge on any atom is 0.497 e. The van der Waals surface area contributed by atoms with Crippen LogP contribution in [0.2, 0.25) is 0 Å². The molecule has 0 radical (unpaired) electrons. The molecule has 2 aliphatic rings. The first-order valence-corrected chi connectivity index (χ1v) is 8.18. The summed E-state index contributed by atoms with van der Waals surface area (Å²) in [5, 5.41) is 0. The molecule has 3 rings (SSSR count). The number of ether oxygens (including phenoxy) is 2. The second kappa shape index (κ2) is 6.08. The van der Waals surface area contributed by atoms with Gasteiger partial charge in [-0.2, -0.15) is 0 Å². The highest BCUT2D eigenvalue weighted by atomic mass is 19.1. The molecule has 0 spiro atoms. The average molecular weight is 322 g/mol. The second-order valence-corrected chi connectivity index (χ2v) is 7.22. The van der Waals surface area contributed by atoms with E-state index in [1.54, 1.807) is 12.1 Å². The molecule has 126 valence electrons. The van der Waals surface area contributed by atoms with E-state index in [1.165, 1.54) is 6.07 Å². The van der Waals surface area contributed by atoms with Crippen molar-refractivity contribution in [3.8, 4) is 5.75 Å². The van der Waals surface area contributed by atoms with Gasteiger partial charge in [0.1, 0.15) is 18.2 Å². The van der Waals surface area contributed by atoms with E-state index in [2.05, 4.69) is 0 Å². The predicted octanol–water partition coefficient (Wildman–Crippen LogP) is 2.68. The van der Waals surface area contributed by atoms with Gasteiger partial charge in [-0.05, 0) is 58.7 Å². The molecule has 6 heteroatoms.